The molecule has 0 saturated carbocycles. The van der Waals surface area contributed by atoms with Crippen LogP contribution in [0.4, 0.5) is 17.1 Å². The smallest absolute Gasteiger partial charge is 0.143 e. The normalized spacial score (nSPS) is 11.6. The summed E-state index contributed by atoms with van der Waals surface area (Å²) in [7, 11) is 0. The highest BCUT2D eigenvalue weighted by Crippen LogP contribution is 2.43. The van der Waals surface area contributed by atoms with Crippen molar-refractivity contribution < 1.29 is 4.42 Å². The van der Waals surface area contributed by atoms with Crippen LogP contribution >= 0.6 is 0 Å². The molecular formula is C58H38N2O. The molecule has 0 saturated heterocycles. The van der Waals surface area contributed by atoms with Crippen LogP contribution in [0.25, 0.3) is 93.6 Å². The number of aromatic nitrogens is 1. The molecule has 3 nitrogen and oxygen atoms in total. The molecule has 0 fully saturated rings. The van der Waals surface area contributed by atoms with Gasteiger partial charge in [0.25, 0.3) is 0 Å². The van der Waals surface area contributed by atoms with Gasteiger partial charge in [0.2, 0.25) is 0 Å². The van der Waals surface area contributed by atoms with Gasteiger partial charge >= 0.3 is 0 Å². The summed E-state index contributed by atoms with van der Waals surface area (Å²) in [6, 6.07) is 82.9. The molecule has 2 heterocycles. The van der Waals surface area contributed by atoms with Crippen LogP contribution in [0.2, 0.25) is 0 Å². The molecule has 12 aromatic rings. The van der Waals surface area contributed by atoms with Gasteiger partial charge in [-0.05, 0) is 112 Å². The van der Waals surface area contributed by atoms with Crippen molar-refractivity contribution in [2.45, 2.75) is 0 Å². The van der Waals surface area contributed by atoms with Crippen molar-refractivity contribution >= 4 is 71.6 Å². The minimum atomic E-state index is 0.888. The van der Waals surface area contributed by atoms with Gasteiger partial charge < -0.3 is 13.9 Å². The van der Waals surface area contributed by atoms with Gasteiger partial charge in [0, 0.05) is 49.7 Å². The number of hydrogen-bond donors (Lipinski definition) is 0. The Hall–Kier alpha value is -8.14. The second-order valence-electron chi connectivity index (χ2n) is 15.7. The molecule has 10 aromatic carbocycles. The molecule has 0 unspecified atom stereocenters. The van der Waals surface area contributed by atoms with Crippen LogP contribution in [0.5, 0.6) is 0 Å². The maximum Gasteiger partial charge on any atom is 0.143 e. The highest BCUT2D eigenvalue weighted by molar-refractivity contribution is 6.19. The minimum Gasteiger partial charge on any atom is -0.455 e. The van der Waals surface area contributed by atoms with Crippen LogP contribution in [-0.4, -0.2) is 4.57 Å². The molecule has 0 spiro atoms. The number of nitrogens with zero attached hydrogens (tertiary/aromatic N) is 2. The van der Waals surface area contributed by atoms with E-state index in [0.29, 0.717) is 0 Å². The topological polar surface area (TPSA) is 21.3 Å². The number of anilines is 3. The van der Waals surface area contributed by atoms with Gasteiger partial charge in [0.15, 0.2) is 0 Å². The van der Waals surface area contributed by atoms with E-state index in [9.17, 15) is 0 Å². The number of rotatable bonds is 7. The van der Waals surface area contributed by atoms with E-state index >= 15 is 0 Å². The molecule has 0 aliphatic rings. The van der Waals surface area contributed by atoms with Gasteiger partial charge in [0.1, 0.15) is 11.2 Å². The lowest BCUT2D eigenvalue weighted by molar-refractivity contribution is 0.673. The van der Waals surface area contributed by atoms with Crippen molar-refractivity contribution in [2.75, 3.05) is 4.90 Å². The van der Waals surface area contributed by atoms with E-state index in [4.69, 9.17) is 4.42 Å². The Morgan fingerprint density at radius 1 is 0.344 bits per heavy atom. The Labute approximate surface area is 353 Å². The fourth-order valence-electron chi connectivity index (χ4n) is 9.32. The lowest BCUT2D eigenvalue weighted by atomic mass is 9.97. The zero-order valence-corrected chi connectivity index (χ0v) is 33.2. The Morgan fingerprint density at radius 3 is 1.75 bits per heavy atom. The van der Waals surface area contributed by atoms with Gasteiger partial charge in [-0.2, -0.15) is 0 Å². The predicted molar refractivity (Wildman–Crippen MR) is 257 cm³/mol. The van der Waals surface area contributed by atoms with Crippen LogP contribution in [0, 0.1) is 0 Å². The zero-order valence-electron chi connectivity index (χ0n) is 33.2. The van der Waals surface area contributed by atoms with E-state index in [1.54, 1.807) is 0 Å². The fraction of sp³-hybridized carbons (Fsp3) is 0. The first-order valence-electron chi connectivity index (χ1n) is 20.8. The third kappa shape index (κ3) is 5.90. The fourth-order valence-corrected chi connectivity index (χ4v) is 9.32. The molecule has 0 aliphatic carbocycles. The maximum atomic E-state index is 6.61. The van der Waals surface area contributed by atoms with Gasteiger partial charge in [-0.25, -0.2) is 0 Å². The first-order valence-corrected chi connectivity index (χ1v) is 20.8. The number of hydrogen-bond acceptors (Lipinski definition) is 2. The van der Waals surface area contributed by atoms with Gasteiger partial charge in [0.05, 0.1) is 11.0 Å². The molecule has 12 rings (SSSR count). The SMILES string of the molecule is c1ccc(-c2ccc(N(c3cccc(-c4ccc5c6ccccc6n(-c6ccccc6)c5c4)c3)c3cccc(-c4cccc5oc6c7ccccc7ccc6c45)c3)cc2)cc1. The molecule has 3 heteroatoms. The lowest BCUT2D eigenvalue weighted by Gasteiger charge is -2.27. The minimum absolute atomic E-state index is 0.888. The summed E-state index contributed by atoms with van der Waals surface area (Å²) in [5, 5.41) is 7.04. The number of para-hydroxylation sites is 2. The summed E-state index contributed by atoms with van der Waals surface area (Å²) in [5.41, 5.74) is 15.5. The van der Waals surface area contributed by atoms with Gasteiger partial charge in [-0.3, -0.25) is 0 Å². The van der Waals surface area contributed by atoms with Crippen molar-refractivity contribution in [3.8, 4) is 39.1 Å². The van der Waals surface area contributed by atoms with Crippen LogP contribution < -0.4 is 4.90 Å². The largest absolute Gasteiger partial charge is 0.455 e. The third-order valence-corrected chi connectivity index (χ3v) is 12.2. The van der Waals surface area contributed by atoms with Gasteiger partial charge in [-0.15, -0.1) is 0 Å². The monoisotopic (exact) mass is 778 g/mol. The average Bonchev–Trinajstić information content (AvgIpc) is 3.89. The van der Waals surface area contributed by atoms with Crippen molar-refractivity contribution in [1.29, 1.82) is 0 Å². The lowest BCUT2D eigenvalue weighted by Crippen LogP contribution is -2.10. The molecule has 0 bridgehead atoms. The number of fused-ring (bicyclic) bond motifs is 8. The van der Waals surface area contributed by atoms with E-state index in [1.807, 2.05) is 0 Å². The summed E-state index contributed by atoms with van der Waals surface area (Å²) in [5.74, 6) is 0. The van der Waals surface area contributed by atoms with E-state index in [-0.39, 0.29) is 0 Å². The second-order valence-corrected chi connectivity index (χ2v) is 15.7. The van der Waals surface area contributed by atoms with Gasteiger partial charge in [-0.1, -0.05) is 158 Å². The van der Waals surface area contributed by atoms with Crippen LogP contribution in [0.15, 0.2) is 235 Å². The van der Waals surface area contributed by atoms with Crippen LogP contribution in [0.1, 0.15) is 0 Å². The quantitative estimate of drug-likeness (QED) is 0.161. The molecule has 0 atom stereocenters. The van der Waals surface area contributed by atoms with E-state index in [0.717, 1.165) is 72.3 Å². The molecule has 286 valence electrons. The second kappa shape index (κ2) is 14.3. The predicted octanol–water partition coefficient (Wildman–Crippen LogP) is 16.3. The van der Waals surface area contributed by atoms with Crippen molar-refractivity contribution in [1.82, 2.24) is 4.57 Å². The van der Waals surface area contributed by atoms with Crippen molar-refractivity contribution in [3.05, 3.63) is 231 Å². The summed E-state index contributed by atoms with van der Waals surface area (Å²) >= 11 is 0. The Morgan fingerprint density at radius 2 is 0.934 bits per heavy atom. The van der Waals surface area contributed by atoms with Crippen LogP contribution in [-0.2, 0) is 0 Å². The Balaban J connectivity index is 1.01. The molecule has 0 radical (unpaired) electrons. The third-order valence-electron chi connectivity index (χ3n) is 12.2. The molecular weight excluding hydrogens is 741 g/mol. The molecule has 0 N–H and O–H groups in total. The standard InChI is InChI=1S/C58H38N2O/c1-3-14-39(15-4-1)40-28-32-46(33-29-40)59(48-22-12-18-44(37-48)49-25-13-27-56-57(49)53-35-30-41-16-7-8-23-50(41)58(53)61-56)47-21-11-17-42(36-47)43-31-34-52-51-24-9-10-26-54(51)60(55(52)38-43)45-19-5-2-6-20-45/h1-38H. The Kier molecular flexibility index (Phi) is 8.17. The van der Waals surface area contributed by atoms with Crippen molar-refractivity contribution in [3.63, 3.8) is 0 Å². The average molecular weight is 779 g/mol. The zero-order chi connectivity index (χ0) is 40.3. The van der Waals surface area contributed by atoms with E-state index in [2.05, 4.69) is 240 Å². The maximum absolute atomic E-state index is 6.61. The molecule has 2 aromatic heterocycles. The number of furan rings is 1. The Bertz CT molecular complexity index is 3580. The first kappa shape index (κ1) is 34.9. The van der Waals surface area contributed by atoms with Crippen molar-refractivity contribution in [2.24, 2.45) is 0 Å². The summed E-state index contributed by atoms with van der Waals surface area (Å²) in [6.07, 6.45) is 0. The van der Waals surface area contributed by atoms with E-state index in [1.165, 1.54) is 38.3 Å². The molecule has 61 heavy (non-hydrogen) atoms. The molecule has 0 aliphatic heterocycles. The highest BCUT2D eigenvalue weighted by atomic mass is 16.3. The summed E-state index contributed by atoms with van der Waals surface area (Å²) < 4.78 is 9.00. The van der Waals surface area contributed by atoms with Crippen LogP contribution in [0.3, 0.4) is 0 Å². The first-order chi connectivity index (χ1) is 30.2. The summed E-state index contributed by atoms with van der Waals surface area (Å²) in [4.78, 5) is 2.38. The summed E-state index contributed by atoms with van der Waals surface area (Å²) in [6.45, 7) is 0. The number of benzene rings is 10. The molecule has 0 amide bonds. The highest BCUT2D eigenvalue weighted by Gasteiger charge is 2.19. The van der Waals surface area contributed by atoms with E-state index < -0.39 is 0 Å².